The summed E-state index contributed by atoms with van der Waals surface area (Å²) in [7, 11) is 0. The number of hydrogen-bond acceptors (Lipinski definition) is 3. The Hall–Kier alpha value is -0.900. The molecule has 1 rings (SSSR count). The first kappa shape index (κ1) is 10.2. The van der Waals surface area contributed by atoms with Crippen LogP contribution in [0.25, 0.3) is 0 Å². The van der Waals surface area contributed by atoms with Crippen molar-refractivity contribution in [1.82, 2.24) is 14.8 Å². The van der Waals surface area contributed by atoms with Crippen molar-refractivity contribution >= 4 is 0 Å². The van der Waals surface area contributed by atoms with E-state index in [1.807, 2.05) is 11.6 Å². The van der Waals surface area contributed by atoms with Crippen LogP contribution in [0.3, 0.4) is 0 Å². The van der Waals surface area contributed by atoms with Crippen LogP contribution in [0, 0.1) is 5.92 Å². The average molecular weight is 183 g/mol. The van der Waals surface area contributed by atoms with Crippen molar-refractivity contribution in [3.8, 4) is 0 Å². The molecule has 0 aliphatic rings. The third kappa shape index (κ3) is 3.55. The maximum atomic E-state index is 9.24. The molecular weight excluding hydrogens is 166 g/mol. The lowest BCUT2D eigenvalue weighted by Gasteiger charge is -2.15. The number of rotatable bonds is 5. The highest BCUT2D eigenvalue weighted by atomic mass is 16.3. The van der Waals surface area contributed by atoms with Crippen LogP contribution in [-0.2, 0) is 6.54 Å². The minimum Gasteiger partial charge on any atom is -0.393 e. The second-order valence-corrected chi connectivity index (χ2v) is 3.48. The summed E-state index contributed by atoms with van der Waals surface area (Å²) in [6.45, 7) is 4.80. The first-order valence-corrected chi connectivity index (χ1v) is 4.72. The van der Waals surface area contributed by atoms with Gasteiger partial charge in [-0.1, -0.05) is 13.3 Å². The molecule has 4 nitrogen and oxygen atoms in total. The highest BCUT2D eigenvalue weighted by Crippen LogP contribution is 2.12. The molecule has 2 atom stereocenters. The lowest BCUT2D eigenvalue weighted by atomic mass is 9.99. The zero-order valence-electron chi connectivity index (χ0n) is 8.22. The quantitative estimate of drug-likeness (QED) is 0.743. The van der Waals surface area contributed by atoms with E-state index in [9.17, 15) is 5.11 Å². The van der Waals surface area contributed by atoms with E-state index in [0.29, 0.717) is 5.92 Å². The first-order valence-electron chi connectivity index (χ1n) is 4.72. The summed E-state index contributed by atoms with van der Waals surface area (Å²) in [5.41, 5.74) is 0. The Morgan fingerprint density at radius 3 is 2.77 bits per heavy atom. The van der Waals surface area contributed by atoms with Gasteiger partial charge in [0, 0.05) is 6.54 Å². The zero-order chi connectivity index (χ0) is 9.68. The Morgan fingerprint density at radius 2 is 2.31 bits per heavy atom. The summed E-state index contributed by atoms with van der Waals surface area (Å²) in [5, 5.41) is 13.3. The van der Waals surface area contributed by atoms with E-state index in [1.165, 1.54) is 6.33 Å². The second-order valence-electron chi connectivity index (χ2n) is 3.48. The van der Waals surface area contributed by atoms with Crippen molar-refractivity contribution in [3.63, 3.8) is 0 Å². The van der Waals surface area contributed by atoms with E-state index >= 15 is 0 Å². The van der Waals surface area contributed by atoms with Gasteiger partial charge in [0.15, 0.2) is 0 Å². The van der Waals surface area contributed by atoms with E-state index in [0.717, 1.165) is 19.4 Å². The van der Waals surface area contributed by atoms with Crippen LogP contribution in [0.5, 0.6) is 0 Å². The van der Waals surface area contributed by atoms with Gasteiger partial charge in [0.25, 0.3) is 0 Å². The molecule has 0 aliphatic carbocycles. The van der Waals surface area contributed by atoms with Crippen LogP contribution in [0.1, 0.15) is 26.7 Å². The van der Waals surface area contributed by atoms with Gasteiger partial charge >= 0.3 is 0 Å². The predicted molar refractivity (Wildman–Crippen MR) is 50.1 cm³/mol. The van der Waals surface area contributed by atoms with Crippen molar-refractivity contribution in [1.29, 1.82) is 0 Å². The van der Waals surface area contributed by atoms with Crippen molar-refractivity contribution in [2.45, 2.75) is 39.3 Å². The normalized spacial score (nSPS) is 15.6. The minimum atomic E-state index is -0.228. The third-order valence-corrected chi connectivity index (χ3v) is 2.16. The molecule has 2 unspecified atom stereocenters. The second kappa shape index (κ2) is 4.97. The maximum Gasteiger partial charge on any atom is 0.137 e. The van der Waals surface area contributed by atoms with Crippen LogP contribution >= 0.6 is 0 Å². The van der Waals surface area contributed by atoms with Gasteiger partial charge in [-0.25, -0.2) is 4.98 Å². The fraction of sp³-hybridized carbons (Fsp3) is 0.778. The fourth-order valence-electron chi connectivity index (χ4n) is 1.44. The summed E-state index contributed by atoms with van der Waals surface area (Å²) in [5.74, 6) is 0.488. The van der Waals surface area contributed by atoms with E-state index < -0.39 is 0 Å². The molecule has 74 valence electrons. The van der Waals surface area contributed by atoms with Crippen LogP contribution in [0.4, 0.5) is 0 Å². The summed E-state index contributed by atoms with van der Waals surface area (Å²) in [6.07, 6.45) is 4.91. The lowest BCUT2D eigenvalue weighted by Crippen LogP contribution is -2.15. The molecule has 0 aromatic carbocycles. The SMILES string of the molecule is CCC(CC(C)O)Cn1cncn1. The molecule has 1 aromatic heterocycles. The molecule has 13 heavy (non-hydrogen) atoms. The lowest BCUT2D eigenvalue weighted by molar-refractivity contribution is 0.151. The minimum absolute atomic E-state index is 0.228. The monoisotopic (exact) mass is 183 g/mol. The highest BCUT2D eigenvalue weighted by molar-refractivity contribution is 4.64. The van der Waals surface area contributed by atoms with Gasteiger partial charge in [-0.2, -0.15) is 5.10 Å². The van der Waals surface area contributed by atoms with Crippen LogP contribution in [0.15, 0.2) is 12.7 Å². The van der Waals surface area contributed by atoms with Gasteiger partial charge in [-0.05, 0) is 19.3 Å². The summed E-state index contributed by atoms with van der Waals surface area (Å²) < 4.78 is 1.82. The largest absolute Gasteiger partial charge is 0.393 e. The predicted octanol–water partition coefficient (Wildman–Crippen LogP) is 1.08. The molecule has 0 bridgehead atoms. The van der Waals surface area contributed by atoms with Gasteiger partial charge in [-0.15, -0.1) is 0 Å². The molecular formula is C9H17N3O. The number of aliphatic hydroxyl groups excluding tert-OH is 1. The molecule has 0 saturated heterocycles. The first-order chi connectivity index (χ1) is 6.22. The molecule has 1 heterocycles. The highest BCUT2D eigenvalue weighted by Gasteiger charge is 2.10. The van der Waals surface area contributed by atoms with Crippen molar-refractivity contribution in [2.75, 3.05) is 0 Å². The Morgan fingerprint density at radius 1 is 1.54 bits per heavy atom. The topological polar surface area (TPSA) is 50.9 Å². The zero-order valence-corrected chi connectivity index (χ0v) is 8.22. The molecule has 0 saturated carbocycles. The number of hydrogen-bond donors (Lipinski definition) is 1. The van der Waals surface area contributed by atoms with Gasteiger partial charge < -0.3 is 5.11 Å². The maximum absolute atomic E-state index is 9.24. The summed E-state index contributed by atoms with van der Waals surface area (Å²) >= 11 is 0. The van der Waals surface area contributed by atoms with E-state index in [1.54, 1.807) is 6.33 Å². The van der Waals surface area contributed by atoms with Crippen LogP contribution in [-0.4, -0.2) is 26.0 Å². The third-order valence-electron chi connectivity index (χ3n) is 2.16. The van der Waals surface area contributed by atoms with E-state index in [-0.39, 0.29) is 6.10 Å². The van der Waals surface area contributed by atoms with E-state index in [4.69, 9.17) is 0 Å². The van der Waals surface area contributed by atoms with Crippen LogP contribution in [0.2, 0.25) is 0 Å². The number of nitrogens with zero attached hydrogens (tertiary/aromatic N) is 3. The summed E-state index contributed by atoms with van der Waals surface area (Å²) in [4.78, 5) is 3.88. The Balaban J connectivity index is 2.40. The Bertz CT molecular complexity index is 221. The number of aliphatic hydroxyl groups is 1. The molecule has 0 radical (unpaired) electrons. The Labute approximate surface area is 78.6 Å². The summed E-state index contributed by atoms with van der Waals surface area (Å²) in [6, 6.07) is 0. The van der Waals surface area contributed by atoms with Crippen molar-refractivity contribution < 1.29 is 5.11 Å². The van der Waals surface area contributed by atoms with Gasteiger partial charge in [0.2, 0.25) is 0 Å². The molecule has 1 aromatic rings. The Kier molecular flexibility index (Phi) is 3.89. The standard InChI is InChI=1S/C9H17N3O/c1-3-9(4-8(2)13)5-12-7-10-6-11-12/h6-9,13H,3-5H2,1-2H3. The molecule has 0 spiro atoms. The average Bonchev–Trinajstić information content (AvgIpc) is 2.55. The molecule has 0 aliphatic heterocycles. The molecule has 4 heteroatoms. The molecule has 0 fully saturated rings. The number of aromatic nitrogens is 3. The van der Waals surface area contributed by atoms with Crippen molar-refractivity contribution in [3.05, 3.63) is 12.7 Å². The molecule has 0 amide bonds. The van der Waals surface area contributed by atoms with Crippen LogP contribution < -0.4 is 0 Å². The van der Waals surface area contributed by atoms with E-state index in [2.05, 4.69) is 17.0 Å². The van der Waals surface area contributed by atoms with Crippen molar-refractivity contribution in [2.24, 2.45) is 5.92 Å². The van der Waals surface area contributed by atoms with Gasteiger partial charge in [-0.3, -0.25) is 4.68 Å². The fourth-order valence-corrected chi connectivity index (χ4v) is 1.44. The van der Waals surface area contributed by atoms with Gasteiger partial charge in [0.05, 0.1) is 6.10 Å². The molecule has 1 N–H and O–H groups in total. The van der Waals surface area contributed by atoms with Gasteiger partial charge in [0.1, 0.15) is 12.7 Å². The smallest absolute Gasteiger partial charge is 0.137 e.